The van der Waals surface area contributed by atoms with Crippen LogP contribution in [0.4, 0.5) is 0 Å². The van der Waals surface area contributed by atoms with E-state index in [-0.39, 0.29) is 23.3 Å². The Morgan fingerprint density at radius 1 is 1.15 bits per heavy atom. The van der Waals surface area contributed by atoms with Gasteiger partial charge in [-0.3, -0.25) is 9.59 Å². The van der Waals surface area contributed by atoms with Crippen LogP contribution in [0.25, 0.3) is 16.7 Å². The van der Waals surface area contributed by atoms with Gasteiger partial charge in [-0.25, -0.2) is 14.5 Å². The Labute approximate surface area is 196 Å². The Balaban J connectivity index is 1.43. The molecule has 2 heterocycles. The van der Waals surface area contributed by atoms with Crippen LogP contribution in [0.2, 0.25) is 0 Å². The SMILES string of the molecule is Cc1ccnc(-n2c(SCC(=O)NC3CCCc4ccccc43)nc3ccccc3c2=O)c1. The smallest absolute Gasteiger partial charge is 0.267 e. The van der Waals surface area contributed by atoms with E-state index in [1.165, 1.54) is 27.5 Å². The Bertz CT molecular complexity index is 1400. The average Bonchev–Trinajstić information content (AvgIpc) is 2.83. The first-order valence-electron chi connectivity index (χ1n) is 11.0. The molecular weight excluding hydrogens is 432 g/mol. The minimum Gasteiger partial charge on any atom is -0.349 e. The van der Waals surface area contributed by atoms with Gasteiger partial charge in [0, 0.05) is 6.20 Å². The van der Waals surface area contributed by atoms with Crippen molar-refractivity contribution in [3.05, 3.63) is 93.9 Å². The largest absolute Gasteiger partial charge is 0.349 e. The van der Waals surface area contributed by atoms with Crippen molar-refractivity contribution in [3.8, 4) is 5.82 Å². The number of nitrogens with zero attached hydrogens (tertiary/aromatic N) is 3. The fraction of sp³-hybridized carbons (Fsp3) is 0.231. The number of amides is 1. The number of rotatable bonds is 5. The highest BCUT2D eigenvalue weighted by atomic mass is 32.2. The summed E-state index contributed by atoms with van der Waals surface area (Å²) in [7, 11) is 0. The van der Waals surface area contributed by atoms with E-state index in [4.69, 9.17) is 4.98 Å². The van der Waals surface area contributed by atoms with Crippen molar-refractivity contribution in [3.63, 3.8) is 0 Å². The molecule has 0 radical (unpaired) electrons. The molecule has 0 bridgehead atoms. The summed E-state index contributed by atoms with van der Waals surface area (Å²) in [5.41, 5.74) is 3.91. The monoisotopic (exact) mass is 456 g/mol. The van der Waals surface area contributed by atoms with E-state index in [1.54, 1.807) is 12.3 Å². The number of fused-ring (bicyclic) bond motifs is 2. The third-order valence-electron chi connectivity index (χ3n) is 5.91. The topological polar surface area (TPSA) is 76.9 Å². The van der Waals surface area contributed by atoms with Gasteiger partial charge in [-0.05, 0) is 67.1 Å². The molecule has 166 valence electrons. The first-order valence-corrected chi connectivity index (χ1v) is 12.0. The predicted octanol–water partition coefficient (Wildman–Crippen LogP) is 4.38. The molecule has 1 unspecified atom stereocenters. The Kier molecular flexibility index (Phi) is 5.96. The van der Waals surface area contributed by atoms with Crippen LogP contribution < -0.4 is 10.9 Å². The number of hydrogen-bond donors (Lipinski definition) is 1. The number of benzene rings is 2. The van der Waals surface area contributed by atoms with Gasteiger partial charge < -0.3 is 5.32 Å². The Hall–Kier alpha value is -3.45. The summed E-state index contributed by atoms with van der Waals surface area (Å²) in [6.45, 7) is 1.95. The minimum absolute atomic E-state index is 0.0215. The van der Waals surface area contributed by atoms with Crippen LogP contribution in [-0.2, 0) is 11.2 Å². The molecule has 0 saturated heterocycles. The van der Waals surface area contributed by atoms with Crippen LogP contribution in [-0.4, -0.2) is 26.2 Å². The Morgan fingerprint density at radius 3 is 2.85 bits per heavy atom. The first kappa shape index (κ1) is 21.4. The van der Waals surface area contributed by atoms with Gasteiger partial charge in [0.25, 0.3) is 5.56 Å². The highest BCUT2D eigenvalue weighted by Gasteiger charge is 2.22. The first-order chi connectivity index (χ1) is 16.1. The fourth-order valence-electron chi connectivity index (χ4n) is 4.32. The molecule has 1 amide bonds. The molecule has 33 heavy (non-hydrogen) atoms. The van der Waals surface area contributed by atoms with Crippen LogP contribution in [0.3, 0.4) is 0 Å². The summed E-state index contributed by atoms with van der Waals surface area (Å²) in [5.74, 6) is 0.588. The molecule has 2 aromatic carbocycles. The van der Waals surface area contributed by atoms with Gasteiger partial charge in [-0.2, -0.15) is 0 Å². The highest BCUT2D eigenvalue weighted by molar-refractivity contribution is 7.99. The zero-order valence-electron chi connectivity index (χ0n) is 18.3. The van der Waals surface area contributed by atoms with E-state index >= 15 is 0 Å². The normalized spacial score (nSPS) is 15.2. The van der Waals surface area contributed by atoms with Crippen molar-refractivity contribution in [1.82, 2.24) is 19.9 Å². The zero-order valence-corrected chi connectivity index (χ0v) is 19.1. The molecular formula is C26H24N4O2S. The molecule has 1 atom stereocenters. The third kappa shape index (κ3) is 4.41. The van der Waals surface area contributed by atoms with Crippen LogP contribution in [0.5, 0.6) is 0 Å². The standard InChI is InChI=1S/C26H24N4O2S/c1-17-13-14-27-23(15-17)30-25(32)20-10-4-5-11-22(20)29-26(30)33-16-24(31)28-21-12-6-8-18-7-2-3-9-19(18)21/h2-5,7,9-11,13-15,21H,6,8,12,16H2,1H3,(H,28,31). The summed E-state index contributed by atoms with van der Waals surface area (Å²) in [5, 5.41) is 4.15. The van der Waals surface area contributed by atoms with Crippen molar-refractivity contribution in [2.75, 3.05) is 5.75 Å². The number of carbonyl (C=O) groups excluding carboxylic acids is 1. The van der Waals surface area contributed by atoms with Crippen molar-refractivity contribution in [2.24, 2.45) is 0 Å². The number of hydrogen-bond acceptors (Lipinski definition) is 5. The van der Waals surface area contributed by atoms with Crippen LogP contribution in [0, 0.1) is 6.92 Å². The lowest BCUT2D eigenvalue weighted by molar-refractivity contribution is -0.119. The number of thioether (sulfide) groups is 1. The van der Waals surface area contributed by atoms with Crippen LogP contribution in [0.15, 0.2) is 76.8 Å². The second-order valence-corrected chi connectivity index (χ2v) is 9.19. The lowest BCUT2D eigenvalue weighted by Gasteiger charge is -2.26. The quantitative estimate of drug-likeness (QED) is 0.356. The lowest BCUT2D eigenvalue weighted by atomic mass is 9.88. The minimum atomic E-state index is -0.192. The van der Waals surface area contributed by atoms with Gasteiger partial charge in [0.2, 0.25) is 5.91 Å². The second kappa shape index (κ2) is 9.19. The van der Waals surface area contributed by atoms with E-state index in [9.17, 15) is 9.59 Å². The molecule has 4 aromatic rings. The number of carbonyl (C=O) groups is 1. The molecule has 6 nitrogen and oxygen atoms in total. The van der Waals surface area contributed by atoms with Gasteiger partial charge >= 0.3 is 0 Å². The molecule has 0 aliphatic heterocycles. The number of aryl methyl sites for hydroxylation is 2. The summed E-state index contributed by atoms with van der Waals surface area (Å²) in [6.07, 6.45) is 4.71. The van der Waals surface area contributed by atoms with E-state index < -0.39 is 0 Å². The van der Waals surface area contributed by atoms with E-state index in [1.807, 2.05) is 49.4 Å². The second-order valence-electron chi connectivity index (χ2n) is 8.24. The number of nitrogens with one attached hydrogen (secondary N) is 1. The molecule has 1 aliphatic rings. The van der Waals surface area contributed by atoms with Gasteiger partial charge in [-0.15, -0.1) is 0 Å². The predicted molar refractivity (Wildman–Crippen MR) is 131 cm³/mol. The summed E-state index contributed by atoms with van der Waals surface area (Å²) < 4.78 is 1.50. The third-order valence-corrected chi connectivity index (χ3v) is 6.85. The molecule has 1 aliphatic carbocycles. The molecule has 0 spiro atoms. The van der Waals surface area contributed by atoms with Gasteiger partial charge in [0.15, 0.2) is 5.16 Å². The van der Waals surface area contributed by atoms with E-state index in [0.29, 0.717) is 21.9 Å². The van der Waals surface area contributed by atoms with Crippen molar-refractivity contribution < 1.29 is 4.79 Å². The maximum absolute atomic E-state index is 13.3. The van der Waals surface area contributed by atoms with Crippen LogP contribution >= 0.6 is 11.8 Å². The van der Waals surface area contributed by atoms with Gasteiger partial charge in [0.05, 0.1) is 22.7 Å². The van der Waals surface area contributed by atoms with Crippen molar-refractivity contribution in [2.45, 2.75) is 37.4 Å². The van der Waals surface area contributed by atoms with Gasteiger partial charge in [-0.1, -0.05) is 48.2 Å². The number of para-hydroxylation sites is 1. The van der Waals surface area contributed by atoms with Crippen LogP contribution in [0.1, 0.15) is 35.6 Å². The number of pyridine rings is 1. The van der Waals surface area contributed by atoms with E-state index in [0.717, 1.165) is 24.8 Å². The molecule has 5 rings (SSSR count). The number of aromatic nitrogens is 3. The van der Waals surface area contributed by atoms with Crippen molar-refractivity contribution >= 4 is 28.6 Å². The summed E-state index contributed by atoms with van der Waals surface area (Å²) in [4.78, 5) is 35.3. The lowest BCUT2D eigenvalue weighted by Crippen LogP contribution is -2.32. The zero-order chi connectivity index (χ0) is 22.8. The molecule has 0 fully saturated rings. The highest BCUT2D eigenvalue weighted by Crippen LogP contribution is 2.29. The molecule has 0 saturated carbocycles. The molecule has 1 N–H and O–H groups in total. The van der Waals surface area contributed by atoms with Crippen molar-refractivity contribution in [1.29, 1.82) is 0 Å². The molecule has 2 aromatic heterocycles. The summed E-state index contributed by atoms with van der Waals surface area (Å²) >= 11 is 1.25. The maximum Gasteiger partial charge on any atom is 0.267 e. The van der Waals surface area contributed by atoms with E-state index in [2.05, 4.69) is 22.4 Å². The molecule has 7 heteroatoms. The fourth-order valence-corrected chi connectivity index (χ4v) is 5.14. The summed E-state index contributed by atoms with van der Waals surface area (Å²) in [6, 6.07) is 19.3. The average molecular weight is 457 g/mol. The maximum atomic E-state index is 13.3. The Morgan fingerprint density at radius 2 is 1.97 bits per heavy atom. The van der Waals surface area contributed by atoms with Gasteiger partial charge in [0.1, 0.15) is 5.82 Å².